The number of benzene rings is 3. The third-order valence-corrected chi connectivity index (χ3v) is 7.51. The van der Waals surface area contributed by atoms with Crippen molar-refractivity contribution < 1.29 is 0 Å². The van der Waals surface area contributed by atoms with E-state index in [2.05, 4.69) is 66.2 Å². The molecule has 2 N–H and O–H groups in total. The zero-order valence-corrected chi connectivity index (χ0v) is 19.1. The predicted molar refractivity (Wildman–Crippen MR) is 126 cm³/mol. The van der Waals surface area contributed by atoms with Crippen molar-refractivity contribution >= 4 is 33.4 Å². The maximum Gasteiger partial charge on any atom is 0.102 e. The van der Waals surface area contributed by atoms with Gasteiger partial charge in [0.1, 0.15) is 12.1 Å². The van der Waals surface area contributed by atoms with Gasteiger partial charge >= 0.3 is 0 Å². The van der Waals surface area contributed by atoms with Gasteiger partial charge in [-0.3, -0.25) is 0 Å². The van der Waals surface area contributed by atoms with Gasteiger partial charge in [0.05, 0.1) is 16.8 Å². The van der Waals surface area contributed by atoms with Crippen LogP contribution in [0.5, 0.6) is 0 Å². The molecule has 0 amide bonds. The minimum atomic E-state index is 0.191. The number of nitrogen functional groups attached to an aromatic ring is 1. The Morgan fingerprint density at radius 2 is 1.63 bits per heavy atom. The minimum absolute atomic E-state index is 0.191. The summed E-state index contributed by atoms with van der Waals surface area (Å²) in [6, 6.07) is 21.1. The Labute approximate surface area is 189 Å². The Morgan fingerprint density at radius 1 is 1.00 bits per heavy atom. The fourth-order valence-electron chi connectivity index (χ4n) is 3.91. The van der Waals surface area contributed by atoms with Crippen LogP contribution in [0.15, 0.2) is 57.9 Å². The van der Waals surface area contributed by atoms with Gasteiger partial charge in [-0.15, -0.1) is 11.8 Å². The molecule has 1 unspecified atom stereocenters. The Bertz CT molecular complexity index is 1200. The van der Waals surface area contributed by atoms with Gasteiger partial charge in [0.25, 0.3) is 0 Å². The van der Waals surface area contributed by atoms with Crippen molar-refractivity contribution in [2.24, 2.45) is 0 Å². The average molecular weight is 474 g/mol. The number of hydrogen-bond acceptors (Lipinski definition) is 4. The van der Waals surface area contributed by atoms with Crippen LogP contribution < -0.4 is 5.73 Å². The second-order valence-corrected chi connectivity index (χ2v) is 9.84. The minimum Gasteiger partial charge on any atom is -0.397 e. The first kappa shape index (κ1) is 20.5. The van der Waals surface area contributed by atoms with E-state index in [1.165, 1.54) is 11.1 Å². The number of hydrogen-bond donors (Lipinski definition) is 1. The monoisotopic (exact) mass is 473 g/mol. The van der Waals surface area contributed by atoms with Gasteiger partial charge in [-0.25, -0.2) is 0 Å². The van der Waals surface area contributed by atoms with Gasteiger partial charge in [-0.1, -0.05) is 66.2 Å². The summed E-state index contributed by atoms with van der Waals surface area (Å²) in [6.45, 7) is 4.37. The maximum atomic E-state index is 9.87. The van der Waals surface area contributed by atoms with Crippen LogP contribution in [0.1, 0.15) is 52.8 Å². The first-order valence-corrected chi connectivity index (χ1v) is 11.4. The quantitative estimate of drug-likeness (QED) is 0.417. The summed E-state index contributed by atoms with van der Waals surface area (Å²) in [5.74, 6) is 0.486. The van der Waals surface area contributed by atoms with Crippen molar-refractivity contribution in [1.29, 1.82) is 10.5 Å². The molecule has 30 heavy (non-hydrogen) atoms. The molecule has 0 aliphatic carbocycles. The number of rotatable bonds is 3. The van der Waals surface area contributed by atoms with Gasteiger partial charge < -0.3 is 5.73 Å². The normalized spacial score (nSPS) is 14.9. The zero-order valence-electron chi connectivity index (χ0n) is 16.7. The van der Waals surface area contributed by atoms with E-state index in [0.29, 0.717) is 17.0 Å². The maximum absolute atomic E-state index is 9.87. The molecule has 0 saturated carbocycles. The smallest absolute Gasteiger partial charge is 0.102 e. The standard InChI is InChI=1S/C25H20BrN3S/c1-14(2)15-3-5-16(6-4-15)22-11-19-20(12-27)24(29)21(13-28)23(25(19)30-22)17-7-9-18(26)10-8-17/h3-10,14,22H,11,29H2,1-2H3. The first-order chi connectivity index (χ1) is 14.4. The highest BCUT2D eigenvalue weighted by Gasteiger charge is 2.33. The number of nitrogens with zero attached hydrogens (tertiary/aromatic N) is 2. The number of halogens is 1. The van der Waals surface area contributed by atoms with Gasteiger partial charge in [0, 0.05) is 20.2 Å². The Balaban J connectivity index is 1.86. The van der Waals surface area contributed by atoms with Crippen LogP contribution in [0, 0.1) is 22.7 Å². The summed E-state index contributed by atoms with van der Waals surface area (Å²) < 4.78 is 0.971. The summed E-state index contributed by atoms with van der Waals surface area (Å²) in [6.07, 6.45) is 0.726. The van der Waals surface area contributed by atoms with E-state index in [1.54, 1.807) is 11.8 Å². The summed E-state index contributed by atoms with van der Waals surface area (Å²) in [5.41, 5.74) is 12.7. The van der Waals surface area contributed by atoms with E-state index in [4.69, 9.17) is 5.73 Å². The van der Waals surface area contributed by atoms with E-state index >= 15 is 0 Å². The summed E-state index contributed by atoms with van der Waals surface area (Å²) in [7, 11) is 0. The second-order valence-electron chi connectivity index (χ2n) is 7.71. The van der Waals surface area contributed by atoms with Crippen molar-refractivity contribution in [3.8, 4) is 23.3 Å². The second kappa shape index (κ2) is 8.19. The van der Waals surface area contributed by atoms with Crippen LogP contribution in [0.2, 0.25) is 0 Å². The molecule has 3 aromatic rings. The summed E-state index contributed by atoms with van der Waals surface area (Å²) in [4.78, 5) is 0.998. The first-order valence-electron chi connectivity index (χ1n) is 9.75. The molecule has 0 aromatic heterocycles. The number of nitriles is 2. The SMILES string of the molecule is CC(C)c1ccc(C2Cc3c(C#N)c(N)c(C#N)c(-c4ccc(Br)cc4)c3S2)cc1. The molecule has 0 spiro atoms. The van der Waals surface area contributed by atoms with E-state index in [1.807, 2.05) is 24.3 Å². The number of thioether (sulfide) groups is 1. The molecule has 1 atom stereocenters. The largest absolute Gasteiger partial charge is 0.397 e. The van der Waals surface area contributed by atoms with Crippen LogP contribution >= 0.6 is 27.7 Å². The van der Waals surface area contributed by atoms with Crippen molar-refractivity contribution in [3.63, 3.8) is 0 Å². The van der Waals surface area contributed by atoms with Crippen molar-refractivity contribution in [2.75, 3.05) is 5.73 Å². The third kappa shape index (κ3) is 3.49. The lowest BCUT2D eigenvalue weighted by molar-refractivity contribution is 0.862. The molecular formula is C25H20BrN3S. The van der Waals surface area contributed by atoms with Gasteiger partial charge in [0.15, 0.2) is 0 Å². The van der Waals surface area contributed by atoms with Crippen LogP contribution in [-0.2, 0) is 6.42 Å². The highest BCUT2D eigenvalue weighted by atomic mass is 79.9. The molecule has 0 saturated heterocycles. The predicted octanol–water partition coefficient (Wildman–Crippen LogP) is 6.95. The average Bonchev–Trinajstić information content (AvgIpc) is 3.18. The van der Waals surface area contributed by atoms with Crippen LogP contribution in [-0.4, -0.2) is 0 Å². The Hall–Kier alpha value is -2.73. The molecule has 5 heteroatoms. The molecule has 3 aromatic carbocycles. The lowest BCUT2D eigenvalue weighted by atomic mass is 9.90. The Morgan fingerprint density at radius 3 is 2.20 bits per heavy atom. The fraction of sp³-hybridized carbons (Fsp3) is 0.200. The molecule has 3 nitrogen and oxygen atoms in total. The topological polar surface area (TPSA) is 73.6 Å². The molecule has 4 rings (SSSR count). The summed E-state index contributed by atoms with van der Waals surface area (Å²) in [5, 5.41) is 19.9. The highest BCUT2D eigenvalue weighted by molar-refractivity contribution is 9.10. The summed E-state index contributed by atoms with van der Waals surface area (Å²) >= 11 is 5.20. The molecule has 1 aliphatic heterocycles. The van der Waals surface area contributed by atoms with E-state index in [0.717, 1.165) is 32.5 Å². The molecule has 0 fully saturated rings. The molecule has 1 heterocycles. The van der Waals surface area contributed by atoms with Crippen molar-refractivity contribution in [2.45, 2.75) is 36.3 Å². The van der Waals surface area contributed by atoms with Crippen LogP contribution in [0.4, 0.5) is 5.69 Å². The number of fused-ring (bicyclic) bond motifs is 1. The van der Waals surface area contributed by atoms with Crippen LogP contribution in [0.25, 0.3) is 11.1 Å². The molecule has 1 aliphatic rings. The fourth-order valence-corrected chi connectivity index (χ4v) is 5.67. The van der Waals surface area contributed by atoms with Crippen LogP contribution in [0.3, 0.4) is 0 Å². The Kier molecular flexibility index (Phi) is 5.60. The molecule has 0 radical (unpaired) electrons. The van der Waals surface area contributed by atoms with E-state index < -0.39 is 0 Å². The molecular weight excluding hydrogens is 454 g/mol. The lowest BCUT2D eigenvalue weighted by Gasteiger charge is -2.15. The van der Waals surface area contributed by atoms with Crippen molar-refractivity contribution in [3.05, 3.63) is 80.8 Å². The molecule has 0 bridgehead atoms. The highest BCUT2D eigenvalue weighted by Crippen LogP contribution is 2.54. The number of nitrogens with two attached hydrogens (primary N) is 1. The van der Waals surface area contributed by atoms with E-state index in [9.17, 15) is 10.5 Å². The van der Waals surface area contributed by atoms with Gasteiger partial charge in [-0.2, -0.15) is 10.5 Å². The van der Waals surface area contributed by atoms with Crippen molar-refractivity contribution in [1.82, 2.24) is 0 Å². The van der Waals surface area contributed by atoms with Gasteiger partial charge in [0.2, 0.25) is 0 Å². The van der Waals surface area contributed by atoms with E-state index in [-0.39, 0.29) is 10.9 Å². The molecule has 148 valence electrons. The zero-order chi connectivity index (χ0) is 21.4. The number of anilines is 1. The lowest BCUT2D eigenvalue weighted by Crippen LogP contribution is -2.03. The van der Waals surface area contributed by atoms with Gasteiger partial charge in [-0.05, 0) is 46.7 Å². The third-order valence-electron chi connectivity index (χ3n) is 5.57.